The summed E-state index contributed by atoms with van der Waals surface area (Å²) >= 11 is 0. The Hall–Kier alpha value is -5.34. The lowest BCUT2D eigenvalue weighted by Gasteiger charge is -2.37. The molecular weight excluding hydrogens is 510 g/mol. The molecule has 0 atom stereocenters. The highest BCUT2D eigenvalue weighted by molar-refractivity contribution is 5.93. The monoisotopic (exact) mass is 541 g/mol. The van der Waals surface area contributed by atoms with Crippen LogP contribution in [0.15, 0.2) is 97.2 Å². The average molecular weight is 542 g/mol. The summed E-state index contributed by atoms with van der Waals surface area (Å²) in [6.45, 7) is 0.451. The zero-order chi connectivity index (χ0) is 28.4. The zero-order valence-corrected chi connectivity index (χ0v) is 22.6. The summed E-state index contributed by atoms with van der Waals surface area (Å²) in [7, 11) is 0. The van der Waals surface area contributed by atoms with Crippen LogP contribution in [0.1, 0.15) is 42.4 Å². The Kier molecular flexibility index (Phi) is 8.73. The molecule has 0 bridgehead atoms. The van der Waals surface area contributed by atoms with Crippen molar-refractivity contribution in [1.82, 2.24) is 10.3 Å². The van der Waals surface area contributed by atoms with Crippen LogP contribution in [-0.4, -0.2) is 23.1 Å². The van der Waals surface area contributed by atoms with Crippen molar-refractivity contribution >= 4 is 28.9 Å². The van der Waals surface area contributed by atoms with Gasteiger partial charge in [0.15, 0.2) is 0 Å². The Labute approximate surface area is 240 Å². The Bertz CT molecular complexity index is 1530. The van der Waals surface area contributed by atoms with Gasteiger partial charge in [-0.3, -0.25) is 4.90 Å². The number of carbonyl (C=O) groups excluding carboxylic acids is 1. The minimum Gasteiger partial charge on any atom is -0.367 e. The van der Waals surface area contributed by atoms with E-state index in [1.165, 1.54) is 0 Å². The van der Waals surface area contributed by atoms with Gasteiger partial charge in [-0.05, 0) is 85.8 Å². The van der Waals surface area contributed by atoms with E-state index in [-0.39, 0.29) is 18.1 Å². The van der Waals surface area contributed by atoms with Crippen molar-refractivity contribution in [3.63, 3.8) is 0 Å². The number of nitrogens with zero attached hydrogens (tertiary/aromatic N) is 4. The van der Waals surface area contributed by atoms with Crippen LogP contribution in [0.4, 0.5) is 27.7 Å². The molecule has 1 aliphatic rings. The number of hydrogen-bond donors (Lipinski definition) is 3. The number of amides is 2. The van der Waals surface area contributed by atoms with Crippen LogP contribution >= 0.6 is 0 Å². The highest BCUT2D eigenvalue weighted by Gasteiger charge is 2.30. The molecule has 8 nitrogen and oxygen atoms in total. The highest BCUT2D eigenvalue weighted by atomic mass is 16.2. The van der Waals surface area contributed by atoms with Crippen LogP contribution in [0.3, 0.4) is 0 Å². The highest BCUT2D eigenvalue weighted by Crippen LogP contribution is 2.30. The summed E-state index contributed by atoms with van der Waals surface area (Å²) in [5, 5.41) is 28.1. The van der Waals surface area contributed by atoms with Crippen LogP contribution in [-0.2, 0) is 6.54 Å². The Balaban J connectivity index is 1.28. The van der Waals surface area contributed by atoms with Crippen molar-refractivity contribution in [2.24, 2.45) is 0 Å². The topological polar surface area (TPSA) is 117 Å². The maximum atomic E-state index is 13.6. The number of carbonyl (C=O) groups is 1. The van der Waals surface area contributed by atoms with Gasteiger partial charge in [-0.2, -0.15) is 10.5 Å². The molecule has 41 heavy (non-hydrogen) atoms. The van der Waals surface area contributed by atoms with E-state index in [2.05, 4.69) is 33.1 Å². The fraction of sp³-hybridized carbons (Fsp3) is 0.212. The molecule has 8 heteroatoms. The van der Waals surface area contributed by atoms with E-state index in [0.29, 0.717) is 17.7 Å². The number of pyridine rings is 1. The molecule has 1 saturated carbocycles. The summed E-state index contributed by atoms with van der Waals surface area (Å²) in [6, 6.07) is 33.1. The summed E-state index contributed by atoms with van der Waals surface area (Å²) in [5.74, 6) is 0.758. The number of nitriles is 2. The first-order valence-corrected chi connectivity index (χ1v) is 13.7. The minimum atomic E-state index is -0.124. The van der Waals surface area contributed by atoms with E-state index in [1.54, 1.807) is 24.4 Å². The molecule has 1 fully saturated rings. The average Bonchev–Trinajstić information content (AvgIpc) is 3.03. The van der Waals surface area contributed by atoms with Crippen LogP contribution < -0.4 is 20.9 Å². The first-order chi connectivity index (χ1) is 20.1. The van der Waals surface area contributed by atoms with Crippen LogP contribution in [0, 0.1) is 22.7 Å². The second-order valence-corrected chi connectivity index (χ2v) is 10.1. The van der Waals surface area contributed by atoms with Crippen molar-refractivity contribution in [1.29, 1.82) is 10.5 Å². The Morgan fingerprint density at radius 2 is 1.59 bits per heavy atom. The van der Waals surface area contributed by atoms with Gasteiger partial charge in [0.1, 0.15) is 11.9 Å². The Morgan fingerprint density at radius 1 is 0.829 bits per heavy atom. The van der Waals surface area contributed by atoms with Crippen LogP contribution in [0.25, 0.3) is 0 Å². The Morgan fingerprint density at radius 3 is 2.27 bits per heavy atom. The number of nitrogens with one attached hydrogen (secondary N) is 3. The molecule has 204 valence electrons. The van der Waals surface area contributed by atoms with Gasteiger partial charge in [-0.1, -0.05) is 36.4 Å². The molecule has 4 aromatic rings. The number of aromatic nitrogens is 1. The van der Waals surface area contributed by atoms with Gasteiger partial charge in [0, 0.05) is 41.9 Å². The lowest BCUT2D eigenvalue weighted by Crippen LogP contribution is -2.48. The van der Waals surface area contributed by atoms with Gasteiger partial charge in [-0.15, -0.1) is 0 Å². The molecule has 0 spiro atoms. The van der Waals surface area contributed by atoms with Gasteiger partial charge in [0.05, 0.1) is 17.2 Å². The first kappa shape index (κ1) is 27.2. The quantitative estimate of drug-likeness (QED) is 0.228. The zero-order valence-electron chi connectivity index (χ0n) is 22.6. The third-order valence-electron chi connectivity index (χ3n) is 7.24. The molecule has 5 rings (SSSR count). The number of benzene rings is 3. The van der Waals surface area contributed by atoms with Crippen molar-refractivity contribution in [2.45, 2.75) is 44.3 Å². The third-order valence-corrected chi connectivity index (χ3v) is 7.24. The normalized spacial score (nSPS) is 16.0. The van der Waals surface area contributed by atoms with Crippen molar-refractivity contribution in [3.05, 3.63) is 114 Å². The van der Waals surface area contributed by atoms with Gasteiger partial charge in [0.25, 0.3) is 0 Å². The van der Waals surface area contributed by atoms with Crippen LogP contribution in [0.2, 0.25) is 0 Å². The lowest BCUT2D eigenvalue weighted by molar-refractivity contribution is 0.240. The van der Waals surface area contributed by atoms with E-state index in [9.17, 15) is 10.1 Å². The smallest absolute Gasteiger partial charge is 0.322 e. The molecule has 1 heterocycles. The molecule has 3 aromatic carbocycles. The summed E-state index contributed by atoms with van der Waals surface area (Å²) < 4.78 is 0. The maximum Gasteiger partial charge on any atom is 0.322 e. The van der Waals surface area contributed by atoms with Crippen molar-refractivity contribution in [2.75, 3.05) is 15.5 Å². The SMILES string of the molecule is N#Cc1ccc(NC2CCC(N(C(=O)NCc3ccccc3)c3ccc(Nc4cccc(C#N)c4)cc3)CC2)nc1. The van der Waals surface area contributed by atoms with Crippen molar-refractivity contribution < 1.29 is 4.79 Å². The third kappa shape index (κ3) is 7.20. The fourth-order valence-electron chi connectivity index (χ4n) is 5.12. The molecule has 0 radical (unpaired) electrons. The molecule has 0 aliphatic heterocycles. The van der Waals surface area contributed by atoms with E-state index >= 15 is 0 Å². The molecular formula is C33H31N7O. The van der Waals surface area contributed by atoms with Gasteiger partial charge in [0.2, 0.25) is 0 Å². The molecule has 1 aromatic heterocycles. The summed E-state index contributed by atoms with van der Waals surface area (Å²) in [4.78, 5) is 19.8. The standard InChI is InChI=1S/C33H31N7O/c34-20-25-7-4-8-29(19-25)38-27-10-14-30(15-11-27)40(33(41)37-22-24-5-2-1-3-6-24)31-16-12-28(13-17-31)39-32-18-9-26(21-35)23-36-32/h1-11,14-15,18-19,23,28,31,38H,12-13,16-17,22H2,(H,36,39)(H,37,41). The lowest BCUT2D eigenvalue weighted by atomic mass is 9.90. The van der Waals surface area contributed by atoms with Gasteiger partial charge >= 0.3 is 6.03 Å². The molecule has 1 aliphatic carbocycles. The number of anilines is 4. The van der Waals surface area contributed by atoms with Crippen molar-refractivity contribution in [3.8, 4) is 12.1 Å². The van der Waals surface area contributed by atoms with Gasteiger partial charge < -0.3 is 16.0 Å². The summed E-state index contributed by atoms with van der Waals surface area (Å²) in [6.07, 6.45) is 5.04. The predicted molar refractivity (Wildman–Crippen MR) is 161 cm³/mol. The number of rotatable bonds is 8. The predicted octanol–water partition coefficient (Wildman–Crippen LogP) is 6.71. The van der Waals surface area contributed by atoms with Gasteiger partial charge in [-0.25, -0.2) is 9.78 Å². The summed E-state index contributed by atoms with van der Waals surface area (Å²) in [5.41, 5.74) is 4.70. The maximum absolute atomic E-state index is 13.6. The molecule has 0 unspecified atom stereocenters. The molecule has 3 N–H and O–H groups in total. The van der Waals surface area contributed by atoms with E-state index in [1.807, 2.05) is 77.7 Å². The fourth-order valence-corrected chi connectivity index (χ4v) is 5.12. The van der Waals surface area contributed by atoms with E-state index in [4.69, 9.17) is 5.26 Å². The van der Waals surface area contributed by atoms with E-state index in [0.717, 1.165) is 54.1 Å². The number of urea groups is 1. The minimum absolute atomic E-state index is 0.0452. The second kappa shape index (κ2) is 13.1. The molecule has 2 amide bonds. The largest absolute Gasteiger partial charge is 0.367 e. The second-order valence-electron chi connectivity index (χ2n) is 10.1. The first-order valence-electron chi connectivity index (χ1n) is 13.7. The number of hydrogen-bond acceptors (Lipinski definition) is 6. The van der Waals surface area contributed by atoms with Crippen LogP contribution in [0.5, 0.6) is 0 Å². The van der Waals surface area contributed by atoms with E-state index < -0.39 is 0 Å². The molecule has 0 saturated heterocycles.